The van der Waals surface area contributed by atoms with Crippen LogP contribution < -0.4 is 4.74 Å². The van der Waals surface area contributed by atoms with Crippen LogP contribution in [0.15, 0.2) is 42.6 Å². The first-order valence-electron chi connectivity index (χ1n) is 6.92. The number of ether oxygens (including phenoxy) is 1. The average molecular weight is 282 g/mol. The number of benzene rings is 1. The summed E-state index contributed by atoms with van der Waals surface area (Å²) in [6, 6.07) is 11.9. The number of aliphatic hydroxyl groups is 1. The smallest absolute Gasteiger partial charge is 0.140 e. The van der Waals surface area contributed by atoms with Crippen molar-refractivity contribution in [2.45, 2.75) is 20.0 Å². The fourth-order valence-electron chi connectivity index (χ4n) is 2.64. The Morgan fingerprint density at radius 2 is 2.00 bits per heavy atom. The summed E-state index contributed by atoms with van der Waals surface area (Å²) in [5, 5.41) is 9.71. The Morgan fingerprint density at radius 1 is 1.19 bits per heavy atom. The molecule has 0 amide bonds. The number of hydrogen-bond acceptors (Lipinski definition) is 3. The van der Waals surface area contributed by atoms with Crippen molar-refractivity contribution in [3.05, 3.63) is 65.1 Å². The van der Waals surface area contributed by atoms with Crippen LogP contribution in [0, 0.1) is 6.92 Å². The van der Waals surface area contributed by atoms with Gasteiger partial charge in [0.25, 0.3) is 0 Å². The first kappa shape index (κ1) is 13.6. The molecule has 0 spiro atoms. The molecule has 0 radical (unpaired) electrons. The number of aliphatic hydroxyl groups excluding tert-OH is 1. The summed E-state index contributed by atoms with van der Waals surface area (Å²) in [6.45, 7) is 1.99. The van der Waals surface area contributed by atoms with E-state index in [9.17, 15) is 5.11 Å². The molecule has 1 aromatic carbocycles. The Kier molecular flexibility index (Phi) is 3.62. The summed E-state index contributed by atoms with van der Waals surface area (Å²) < 4.78 is 7.35. The van der Waals surface area contributed by atoms with Gasteiger partial charge in [-0.2, -0.15) is 0 Å². The maximum Gasteiger partial charge on any atom is 0.140 e. The number of aryl methyl sites for hydroxylation is 1. The minimum absolute atomic E-state index is 0.0326. The van der Waals surface area contributed by atoms with Crippen molar-refractivity contribution in [3.8, 4) is 5.75 Å². The minimum atomic E-state index is -0.0326. The third-order valence-corrected chi connectivity index (χ3v) is 3.73. The van der Waals surface area contributed by atoms with Gasteiger partial charge in [0.1, 0.15) is 11.4 Å². The predicted molar refractivity (Wildman–Crippen MR) is 81.7 cm³/mol. The van der Waals surface area contributed by atoms with Gasteiger partial charge < -0.3 is 14.2 Å². The summed E-state index contributed by atoms with van der Waals surface area (Å²) in [5.41, 5.74) is 4.77. The summed E-state index contributed by atoms with van der Waals surface area (Å²) in [4.78, 5) is 4.70. The Balaban J connectivity index is 2.10. The second-order valence-electron chi connectivity index (χ2n) is 5.04. The molecule has 2 aromatic heterocycles. The number of pyridine rings is 1. The summed E-state index contributed by atoms with van der Waals surface area (Å²) in [5.74, 6) is 0.843. The van der Waals surface area contributed by atoms with Gasteiger partial charge in [-0.15, -0.1) is 0 Å². The number of imidazole rings is 1. The van der Waals surface area contributed by atoms with Crippen molar-refractivity contribution in [2.24, 2.45) is 0 Å². The maximum atomic E-state index is 9.71. The van der Waals surface area contributed by atoms with Crippen molar-refractivity contribution < 1.29 is 9.84 Å². The molecule has 0 atom stereocenters. The predicted octanol–water partition coefficient (Wildman–Crippen LogP) is 2.73. The molecule has 0 aliphatic carbocycles. The number of rotatable bonds is 4. The van der Waals surface area contributed by atoms with Crippen molar-refractivity contribution in [3.63, 3.8) is 0 Å². The highest BCUT2D eigenvalue weighted by molar-refractivity contribution is 5.51. The van der Waals surface area contributed by atoms with Crippen molar-refractivity contribution >= 4 is 5.65 Å². The van der Waals surface area contributed by atoms with E-state index in [1.807, 2.05) is 53.9 Å². The van der Waals surface area contributed by atoms with Crippen molar-refractivity contribution in [2.75, 3.05) is 7.11 Å². The topological polar surface area (TPSA) is 46.8 Å². The Labute approximate surface area is 123 Å². The van der Waals surface area contributed by atoms with Crippen LogP contribution in [-0.4, -0.2) is 21.6 Å². The van der Waals surface area contributed by atoms with Gasteiger partial charge in [0.15, 0.2) is 0 Å². The molecule has 0 saturated carbocycles. The minimum Gasteiger partial charge on any atom is -0.496 e. The quantitative estimate of drug-likeness (QED) is 0.800. The number of methoxy groups -OCH3 is 1. The molecule has 21 heavy (non-hydrogen) atoms. The molecular weight excluding hydrogens is 264 g/mol. The lowest BCUT2D eigenvalue weighted by Crippen LogP contribution is -1.99. The number of para-hydroxylation sites is 1. The van der Waals surface area contributed by atoms with Crippen LogP contribution in [0.1, 0.15) is 22.5 Å². The van der Waals surface area contributed by atoms with Gasteiger partial charge in [-0.25, -0.2) is 4.98 Å². The summed E-state index contributed by atoms with van der Waals surface area (Å²) in [6.07, 6.45) is 2.58. The SMILES string of the molecule is COc1ccccc1Cc1nc2c(C)cccn2c1CO. The van der Waals surface area contributed by atoms with Crippen LogP contribution in [0.2, 0.25) is 0 Å². The first-order chi connectivity index (χ1) is 10.2. The lowest BCUT2D eigenvalue weighted by atomic mass is 10.1. The van der Waals surface area contributed by atoms with Crippen LogP contribution >= 0.6 is 0 Å². The molecule has 0 fully saturated rings. The van der Waals surface area contributed by atoms with Crippen LogP contribution in [0.5, 0.6) is 5.75 Å². The Hall–Kier alpha value is -2.33. The van der Waals surface area contributed by atoms with E-state index in [1.165, 1.54) is 0 Å². The number of nitrogens with zero attached hydrogens (tertiary/aromatic N) is 2. The molecule has 0 aliphatic heterocycles. The van der Waals surface area contributed by atoms with Gasteiger partial charge in [0, 0.05) is 18.2 Å². The highest BCUT2D eigenvalue weighted by Crippen LogP contribution is 2.24. The van der Waals surface area contributed by atoms with Crippen molar-refractivity contribution in [1.29, 1.82) is 0 Å². The Morgan fingerprint density at radius 3 is 2.76 bits per heavy atom. The van der Waals surface area contributed by atoms with E-state index in [4.69, 9.17) is 9.72 Å². The number of hydrogen-bond donors (Lipinski definition) is 1. The van der Waals surface area contributed by atoms with Gasteiger partial charge in [-0.05, 0) is 24.6 Å². The van der Waals surface area contributed by atoms with Crippen molar-refractivity contribution in [1.82, 2.24) is 9.38 Å². The Bertz CT molecular complexity index is 778. The number of aromatic nitrogens is 2. The molecule has 108 valence electrons. The van der Waals surface area contributed by atoms with E-state index in [0.29, 0.717) is 6.42 Å². The zero-order chi connectivity index (χ0) is 14.8. The van der Waals surface area contributed by atoms with Crippen LogP contribution in [0.25, 0.3) is 5.65 Å². The van der Waals surface area contributed by atoms with Crippen LogP contribution in [0.4, 0.5) is 0 Å². The van der Waals surface area contributed by atoms with E-state index in [-0.39, 0.29) is 6.61 Å². The molecule has 0 saturated heterocycles. The van der Waals surface area contributed by atoms with E-state index in [0.717, 1.165) is 33.9 Å². The molecule has 2 heterocycles. The monoisotopic (exact) mass is 282 g/mol. The zero-order valence-corrected chi connectivity index (χ0v) is 12.2. The van der Waals surface area contributed by atoms with E-state index < -0.39 is 0 Å². The van der Waals surface area contributed by atoms with Gasteiger partial charge in [-0.1, -0.05) is 24.3 Å². The lowest BCUT2D eigenvalue weighted by Gasteiger charge is -2.07. The number of fused-ring (bicyclic) bond motifs is 1. The molecule has 0 aliphatic rings. The molecule has 3 aromatic rings. The van der Waals surface area contributed by atoms with Gasteiger partial charge in [0.2, 0.25) is 0 Å². The maximum absolute atomic E-state index is 9.71. The molecule has 4 nitrogen and oxygen atoms in total. The molecule has 1 N–H and O–H groups in total. The fraction of sp³-hybridized carbons (Fsp3) is 0.235. The molecule has 0 bridgehead atoms. The first-order valence-corrected chi connectivity index (χ1v) is 6.92. The molecule has 0 unspecified atom stereocenters. The molecule has 4 heteroatoms. The van der Waals surface area contributed by atoms with Crippen LogP contribution in [-0.2, 0) is 13.0 Å². The third-order valence-electron chi connectivity index (χ3n) is 3.73. The average Bonchev–Trinajstić information content (AvgIpc) is 2.86. The van der Waals surface area contributed by atoms with E-state index >= 15 is 0 Å². The molecular formula is C17H18N2O2. The van der Waals surface area contributed by atoms with Gasteiger partial charge in [-0.3, -0.25) is 0 Å². The van der Waals surface area contributed by atoms with Gasteiger partial charge >= 0.3 is 0 Å². The van der Waals surface area contributed by atoms with E-state index in [2.05, 4.69) is 0 Å². The standard InChI is InChI=1S/C17H18N2O2/c1-12-6-5-9-19-15(11-20)14(18-17(12)19)10-13-7-3-4-8-16(13)21-2/h3-9,20H,10-11H2,1-2H3. The highest BCUT2D eigenvalue weighted by Gasteiger charge is 2.14. The highest BCUT2D eigenvalue weighted by atomic mass is 16.5. The van der Waals surface area contributed by atoms with Gasteiger partial charge in [0.05, 0.1) is 25.1 Å². The fourth-order valence-corrected chi connectivity index (χ4v) is 2.64. The third kappa shape index (κ3) is 2.38. The summed E-state index contributed by atoms with van der Waals surface area (Å²) >= 11 is 0. The normalized spacial score (nSPS) is 11.0. The zero-order valence-electron chi connectivity index (χ0n) is 12.2. The lowest BCUT2D eigenvalue weighted by molar-refractivity contribution is 0.274. The second-order valence-corrected chi connectivity index (χ2v) is 5.04. The van der Waals surface area contributed by atoms with E-state index in [1.54, 1.807) is 7.11 Å². The second kappa shape index (κ2) is 5.58. The molecule has 3 rings (SSSR count). The summed E-state index contributed by atoms with van der Waals surface area (Å²) in [7, 11) is 1.67. The largest absolute Gasteiger partial charge is 0.496 e. The van der Waals surface area contributed by atoms with Crippen LogP contribution in [0.3, 0.4) is 0 Å².